The van der Waals surface area contributed by atoms with Gasteiger partial charge in [0.1, 0.15) is 16.2 Å². The number of benzene rings is 5. The van der Waals surface area contributed by atoms with Crippen LogP contribution in [0.25, 0.3) is 76.2 Å². The Bertz CT molecular complexity index is 2280. The average molecular weight is 519 g/mol. The Morgan fingerprint density at radius 3 is 2.51 bits per heavy atom. The highest BCUT2D eigenvalue weighted by Crippen LogP contribution is 2.40. The van der Waals surface area contributed by atoms with E-state index in [1.54, 1.807) is 11.3 Å². The van der Waals surface area contributed by atoms with Crippen molar-refractivity contribution >= 4 is 71.2 Å². The first-order valence-corrected chi connectivity index (χ1v) is 14.2. The summed E-state index contributed by atoms with van der Waals surface area (Å²) in [5, 5.41) is 7.15. The van der Waals surface area contributed by atoms with E-state index in [9.17, 15) is 0 Å². The zero-order valence-electron chi connectivity index (χ0n) is 21.0. The molecule has 39 heavy (non-hydrogen) atoms. The molecular formula is C35H22N2OS. The molecule has 0 radical (unpaired) electrons. The molecule has 1 aliphatic carbocycles. The predicted octanol–water partition coefficient (Wildman–Crippen LogP) is 9.92. The Hall–Kier alpha value is -4.67. The lowest BCUT2D eigenvalue weighted by atomic mass is 10.0. The van der Waals surface area contributed by atoms with E-state index in [-0.39, 0.29) is 0 Å². The average Bonchev–Trinajstić information content (AvgIpc) is 3.68. The number of nitrogens with zero attached hydrogens (tertiary/aromatic N) is 2. The van der Waals surface area contributed by atoms with Crippen LogP contribution in [0.1, 0.15) is 17.7 Å². The zero-order chi connectivity index (χ0) is 25.5. The number of allylic oxidation sites excluding steroid dienone is 1. The second kappa shape index (κ2) is 7.92. The van der Waals surface area contributed by atoms with Crippen molar-refractivity contribution in [3.8, 4) is 16.3 Å². The molecule has 3 nitrogen and oxygen atoms in total. The fourth-order valence-electron chi connectivity index (χ4n) is 6.34. The molecule has 0 unspecified atom stereocenters. The predicted molar refractivity (Wildman–Crippen MR) is 164 cm³/mol. The maximum absolute atomic E-state index is 6.10. The summed E-state index contributed by atoms with van der Waals surface area (Å²) in [6.07, 6.45) is 6.73. The summed E-state index contributed by atoms with van der Waals surface area (Å²) in [4.78, 5) is 5.13. The SMILES string of the molecule is C1=Cc2c(n(-c3ccc(-c4nc5c(ccc6oc7ccccc7c65)s4)cc3)c3c2ccc2ccccc23)CC1. The minimum absolute atomic E-state index is 0.890. The van der Waals surface area contributed by atoms with Gasteiger partial charge in [0, 0.05) is 38.7 Å². The van der Waals surface area contributed by atoms with Gasteiger partial charge in [0.2, 0.25) is 0 Å². The Morgan fingerprint density at radius 2 is 1.59 bits per heavy atom. The molecule has 0 atom stereocenters. The summed E-state index contributed by atoms with van der Waals surface area (Å²) >= 11 is 1.74. The van der Waals surface area contributed by atoms with Gasteiger partial charge in [-0.3, -0.25) is 0 Å². The van der Waals surface area contributed by atoms with Gasteiger partial charge < -0.3 is 8.98 Å². The van der Waals surface area contributed by atoms with E-state index < -0.39 is 0 Å². The molecule has 0 bridgehead atoms. The summed E-state index contributed by atoms with van der Waals surface area (Å²) in [7, 11) is 0. The highest BCUT2D eigenvalue weighted by atomic mass is 32.1. The Balaban J connectivity index is 1.22. The van der Waals surface area contributed by atoms with E-state index in [0.717, 1.165) is 50.9 Å². The lowest BCUT2D eigenvalue weighted by Crippen LogP contribution is -2.03. The number of thiazole rings is 1. The van der Waals surface area contributed by atoms with E-state index in [2.05, 4.69) is 102 Å². The maximum Gasteiger partial charge on any atom is 0.137 e. The first-order chi connectivity index (χ1) is 19.3. The van der Waals surface area contributed by atoms with E-state index in [1.165, 1.54) is 43.3 Å². The first kappa shape index (κ1) is 21.3. The van der Waals surface area contributed by atoms with E-state index >= 15 is 0 Å². The molecule has 4 heteroatoms. The molecular weight excluding hydrogens is 496 g/mol. The molecule has 0 saturated heterocycles. The summed E-state index contributed by atoms with van der Waals surface area (Å²) in [6.45, 7) is 0. The van der Waals surface area contributed by atoms with Gasteiger partial charge in [-0.2, -0.15) is 0 Å². The molecule has 0 aliphatic heterocycles. The third-order valence-electron chi connectivity index (χ3n) is 8.10. The fraction of sp³-hybridized carbons (Fsp3) is 0.0571. The topological polar surface area (TPSA) is 31.0 Å². The summed E-state index contributed by atoms with van der Waals surface area (Å²) in [5.74, 6) is 0. The lowest BCUT2D eigenvalue weighted by molar-refractivity contribution is 0.669. The van der Waals surface area contributed by atoms with Crippen molar-refractivity contribution in [3.63, 3.8) is 0 Å². The van der Waals surface area contributed by atoms with Crippen LogP contribution in [-0.2, 0) is 6.42 Å². The summed E-state index contributed by atoms with van der Waals surface area (Å²) < 4.78 is 9.76. The van der Waals surface area contributed by atoms with Crippen LogP contribution in [-0.4, -0.2) is 9.55 Å². The van der Waals surface area contributed by atoms with E-state index in [1.807, 2.05) is 12.1 Å². The third kappa shape index (κ3) is 3.01. The van der Waals surface area contributed by atoms with Gasteiger partial charge in [-0.1, -0.05) is 66.7 Å². The molecule has 184 valence electrons. The molecule has 3 heterocycles. The van der Waals surface area contributed by atoms with Crippen LogP contribution in [0.15, 0.2) is 108 Å². The summed E-state index contributed by atoms with van der Waals surface area (Å²) in [5.41, 5.74) is 9.19. The number of hydrogen-bond acceptors (Lipinski definition) is 3. The van der Waals surface area contributed by atoms with Crippen molar-refractivity contribution in [3.05, 3.63) is 114 Å². The van der Waals surface area contributed by atoms with Crippen LogP contribution in [0.4, 0.5) is 0 Å². The molecule has 3 aromatic heterocycles. The number of fused-ring (bicyclic) bond motifs is 10. The van der Waals surface area contributed by atoms with Crippen LogP contribution in [0, 0.1) is 0 Å². The second-order valence-electron chi connectivity index (χ2n) is 10.3. The fourth-order valence-corrected chi connectivity index (χ4v) is 7.32. The molecule has 1 aliphatic rings. The van der Waals surface area contributed by atoms with Crippen LogP contribution in [0.2, 0.25) is 0 Å². The largest absolute Gasteiger partial charge is 0.456 e. The van der Waals surface area contributed by atoms with Crippen LogP contribution >= 0.6 is 11.3 Å². The van der Waals surface area contributed by atoms with Crippen LogP contribution in [0.3, 0.4) is 0 Å². The molecule has 0 fully saturated rings. The number of rotatable bonds is 2. The number of para-hydroxylation sites is 1. The molecule has 0 saturated carbocycles. The standard InChI is InChI=1S/C35H22N2OS/c1-2-8-24-21(7-1)15-18-26-25-9-3-5-11-28(25)37(34(24)26)23-16-13-22(14-17-23)35-36-33-31(39-35)20-19-30-32(33)27-10-4-6-12-29(27)38-30/h1-4,6-10,12-20H,5,11H2. The molecule has 0 spiro atoms. The molecule has 9 rings (SSSR count). The molecule has 0 N–H and O–H groups in total. The lowest BCUT2D eigenvalue weighted by Gasteiger charge is -2.14. The van der Waals surface area contributed by atoms with Crippen LogP contribution in [0.5, 0.6) is 0 Å². The number of furan rings is 1. The third-order valence-corrected chi connectivity index (χ3v) is 9.17. The number of hydrogen-bond donors (Lipinski definition) is 0. The van der Waals surface area contributed by atoms with Gasteiger partial charge in [-0.25, -0.2) is 4.98 Å². The molecule has 0 amide bonds. The maximum atomic E-state index is 6.10. The van der Waals surface area contributed by atoms with Gasteiger partial charge in [-0.15, -0.1) is 11.3 Å². The quantitative estimate of drug-likeness (QED) is 0.228. The van der Waals surface area contributed by atoms with Crippen molar-refractivity contribution in [1.29, 1.82) is 0 Å². The first-order valence-electron chi connectivity index (χ1n) is 13.4. The summed E-state index contributed by atoms with van der Waals surface area (Å²) in [6, 6.07) is 34.6. The normalized spacial score (nSPS) is 13.3. The minimum Gasteiger partial charge on any atom is -0.456 e. The Kier molecular flexibility index (Phi) is 4.32. The van der Waals surface area contributed by atoms with Gasteiger partial charge in [0.15, 0.2) is 0 Å². The van der Waals surface area contributed by atoms with Crippen molar-refractivity contribution in [2.45, 2.75) is 12.8 Å². The highest BCUT2D eigenvalue weighted by molar-refractivity contribution is 7.21. The van der Waals surface area contributed by atoms with Gasteiger partial charge >= 0.3 is 0 Å². The van der Waals surface area contributed by atoms with Crippen molar-refractivity contribution < 1.29 is 4.42 Å². The Labute approximate surface area is 228 Å². The monoisotopic (exact) mass is 518 g/mol. The minimum atomic E-state index is 0.890. The second-order valence-corrected chi connectivity index (χ2v) is 11.3. The van der Waals surface area contributed by atoms with Crippen LogP contribution < -0.4 is 0 Å². The van der Waals surface area contributed by atoms with E-state index in [0.29, 0.717) is 0 Å². The van der Waals surface area contributed by atoms with E-state index in [4.69, 9.17) is 9.40 Å². The molecule has 8 aromatic rings. The van der Waals surface area contributed by atoms with Gasteiger partial charge in [-0.05, 0) is 60.7 Å². The van der Waals surface area contributed by atoms with Crippen molar-refractivity contribution in [2.75, 3.05) is 0 Å². The zero-order valence-corrected chi connectivity index (χ0v) is 21.8. The smallest absolute Gasteiger partial charge is 0.137 e. The molecule has 5 aromatic carbocycles. The Morgan fingerprint density at radius 1 is 0.744 bits per heavy atom. The van der Waals surface area contributed by atoms with Crippen molar-refractivity contribution in [1.82, 2.24) is 9.55 Å². The number of aromatic nitrogens is 2. The van der Waals surface area contributed by atoms with Gasteiger partial charge in [0.25, 0.3) is 0 Å². The highest BCUT2D eigenvalue weighted by Gasteiger charge is 2.21. The van der Waals surface area contributed by atoms with Crippen molar-refractivity contribution in [2.24, 2.45) is 0 Å². The van der Waals surface area contributed by atoms with Gasteiger partial charge in [0.05, 0.1) is 21.1 Å².